The molecule has 0 atom stereocenters. The lowest BCUT2D eigenvalue weighted by Gasteiger charge is -2.19. The van der Waals surface area contributed by atoms with Crippen LogP contribution in [0.25, 0.3) is 10.8 Å². The second-order valence-electron chi connectivity index (χ2n) is 7.26. The first-order chi connectivity index (χ1) is 15.5. The van der Waals surface area contributed by atoms with E-state index < -0.39 is 9.84 Å². The molecule has 2 aromatic heterocycles. The van der Waals surface area contributed by atoms with Gasteiger partial charge in [0.2, 0.25) is 26.6 Å². The van der Waals surface area contributed by atoms with Gasteiger partial charge in [-0.15, -0.1) is 11.3 Å². The number of nitrogens with zero attached hydrogens (tertiary/aromatic N) is 2. The summed E-state index contributed by atoms with van der Waals surface area (Å²) in [4.78, 5) is 7.00. The Morgan fingerprint density at radius 3 is 2.53 bits per heavy atom. The molecular weight excluding hydrogens is 448 g/mol. The maximum atomic E-state index is 13.6. The van der Waals surface area contributed by atoms with Crippen molar-refractivity contribution < 1.29 is 22.3 Å². The Morgan fingerprint density at radius 1 is 1.00 bits per heavy atom. The van der Waals surface area contributed by atoms with Gasteiger partial charge in [0, 0.05) is 19.7 Å². The third kappa shape index (κ3) is 3.85. The lowest BCUT2D eigenvalue weighted by atomic mass is 10.2. The highest BCUT2D eigenvalue weighted by molar-refractivity contribution is 7.91. The summed E-state index contributed by atoms with van der Waals surface area (Å²) < 4.78 is 44.4. The number of rotatable bonds is 6. The SMILES string of the molecule is CN(Cc1ccccc1)c1oc(-c2cccs2)nc1S(=O)(=O)c1ccc2c(c1)OCCO2. The molecule has 0 spiro atoms. The molecule has 7 nitrogen and oxygen atoms in total. The molecule has 0 fully saturated rings. The lowest BCUT2D eigenvalue weighted by molar-refractivity contribution is 0.171. The van der Waals surface area contributed by atoms with Gasteiger partial charge in [0.25, 0.3) is 0 Å². The highest BCUT2D eigenvalue weighted by Crippen LogP contribution is 2.39. The number of anilines is 1. The average molecular weight is 469 g/mol. The zero-order valence-corrected chi connectivity index (χ0v) is 18.9. The minimum Gasteiger partial charge on any atom is -0.486 e. The Balaban J connectivity index is 1.58. The van der Waals surface area contributed by atoms with Crippen LogP contribution in [0.5, 0.6) is 11.5 Å². The molecule has 5 rings (SSSR count). The third-order valence-corrected chi connectivity index (χ3v) is 7.51. The van der Waals surface area contributed by atoms with E-state index in [4.69, 9.17) is 13.9 Å². The van der Waals surface area contributed by atoms with Crippen LogP contribution in [-0.4, -0.2) is 33.7 Å². The van der Waals surface area contributed by atoms with E-state index in [-0.39, 0.29) is 21.7 Å². The van der Waals surface area contributed by atoms with E-state index in [0.29, 0.717) is 31.3 Å². The molecule has 0 bridgehead atoms. The molecule has 164 valence electrons. The Labute approximate surface area is 189 Å². The van der Waals surface area contributed by atoms with Crippen LogP contribution in [0.2, 0.25) is 0 Å². The van der Waals surface area contributed by atoms with E-state index in [1.807, 2.05) is 47.8 Å². The first-order valence-electron chi connectivity index (χ1n) is 9.97. The molecule has 0 N–H and O–H groups in total. The van der Waals surface area contributed by atoms with Crippen molar-refractivity contribution in [2.75, 3.05) is 25.2 Å². The van der Waals surface area contributed by atoms with Crippen LogP contribution in [0, 0.1) is 0 Å². The van der Waals surface area contributed by atoms with Crippen molar-refractivity contribution in [1.29, 1.82) is 0 Å². The van der Waals surface area contributed by atoms with E-state index in [0.717, 1.165) is 10.4 Å². The fourth-order valence-corrected chi connectivity index (χ4v) is 5.46. The molecule has 3 heterocycles. The molecule has 0 radical (unpaired) electrons. The molecule has 2 aromatic carbocycles. The molecule has 0 unspecified atom stereocenters. The Morgan fingerprint density at radius 2 is 1.78 bits per heavy atom. The highest BCUT2D eigenvalue weighted by atomic mass is 32.2. The number of hydrogen-bond donors (Lipinski definition) is 0. The van der Waals surface area contributed by atoms with E-state index in [1.165, 1.54) is 23.5 Å². The molecule has 0 aliphatic carbocycles. The summed E-state index contributed by atoms with van der Waals surface area (Å²) in [6.45, 7) is 1.26. The van der Waals surface area contributed by atoms with Gasteiger partial charge in [-0.2, -0.15) is 4.98 Å². The van der Waals surface area contributed by atoms with Crippen molar-refractivity contribution in [3.8, 4) is 22.3 Å². The van der Waals surface area contributed by atoms with E-state index in [1.54, 1.807) is 18.0 Å². The van der Waals surface area contributed by atoms with Crippen molar-refractivity contribution in [2.45, 2.75) is 16.5 Å². The minimum absolute atomic E-state index is 0.0714. The predicted octanol–water partition coefficient (Wildman–Crippen LogP) is 4.64. The molecule has 0 saturated heterocycles. The van der Waals surface area contributed by atoms with Gasteiger partial charge in [-0.25, -0.2) is 8.42 Å². The molecular formula is C23H20N2O5S2. The first kappa shape index (κ1) is 20.6. The zero-order chi connectivity index (χ0) is 22.1. The second kappa shape index (κ2) is 8.33. The summed E-state index contributed by atoms with van der Waals surface area (Å²) >= 11 is 1.43. The smallest absolute Gasteiger partial charge is 0.240 e. The largest absolute Gasteiger partial charge is 0.486 e. The van der Waals surface area contributed by atoms with Crippen LogP contribution >= 0.6 is 11.3 Å². The molecule has 0 saturated carbocycles. The molecule has 4 aromatic rings. The summed E-state index contributed by atoms with van der Waals surface area (Å²) in [7, 11) is -2.20. The minimum atomic E-state index is -3.99. The van der Waals surface area contributed by atoms with Gasteiger partial charge in [0.15, 0.2) is 11.5 Å². The number of thiophene rings is 1. The van der Waals surface area contributed by atoms with Crippen LogP contribution in [0.15, 0.2) is 80.4 Å². The van der Waals surface area contributed by atoms with Crippen molar-refractivity contribution in [1.82, 2.24) is 4.98 Å². The second-order valence-corrected chi connectivity index (χ2v) is 10.1. The van der Waals surface area contributed by atoms with E-state index >= 15 is 0 Å². The number of fused-ring (bicyclic) bond motifs is 1. The summed E-state index contributed by atoms with van der Waals surface area (Å²) in [6, 6.07) is 18.1. The first-order valence-corrected chi connectivity index (χ1v) is 12.3. The van der Waals surface area contributed by atoms with Crippen LogP contribution in [0.4, 0.5) is 5.88 Å². The van der Waals surface area contributed by atoms with Crippen LogP contribution in [0.3, 0.4) is 0 Å². The Bertz CT molecular complexity index is 1330. The van der Waals surface area contributed by atoms with Crippen LogP contribution in [-0.2, 0) is 16.4 Å². The van der Waals surface area contributed by atoms with Gasteiger partial charge in [-0.05, 0) is 29.1 Å². The van der Waals surface area contributed by atoms with Gasteiger partial charge >= 0.3 is 0 Å². The van der Waals surface area contributed by atoms with Gasteiger partial charge < -0.3 is 18.8 Å². The van der Waals surface area contributed by atoms with E-state index in [9.17, 15) is 8.42 Å². The van der Waals surface area contributed by atoms with Gasteiger partial charge in [-0.1, -0.05) is 36.4 Å². The van der Waals surface area contributed by atoms with Crippen molar-refractivity contribution >= 4 is 27.1 Å². The van der Waals surface area contributed by atoms with Crippen LogP contribution in [0.1, 0.15) is 5.56 Å². The van der Waals surface area contributed by atoms with Crippen molar-refractivity contribution in [3.63, 3.8) is 0 Å². The third-order valence-electron chi connectivity index (χ3n) is 5.00. The molecule has 1 aliphatic rings. The van der Waals surface area contributed by atoms with Crippen LogP contribution < -0.4 is 14.4 Å². The number of ether oxygens (including phenoxy) is 2. The Kier molecular flexibility index (Phi) is 5.36. The van der Waals surface area contributed by atoms with Gasteiger partial charge in [-0.3, -0.25) is 0 Å². The Hall–Kier alpha value is -3.30. The average Bonchev–Trinajstić information content (AvgIpc) is 3.50. The quantitative estimate of drug-likeness (QED) is 0.408. The molecule has 9 heteroatoms. The monoisotopic (exact) mass is 468 g/mol. The maximum absolute atomic E-state index is 13.6. The number of benzene rings is 2. The maximum Gasteiger partial charge on any atom is 0.240 e. The van der Waals surface area contributed by atoms with Gasteiger partial charge in [0.05, 0.1) is 9.77 Å². The normalized spacial score (nSPS) is 13.2. The summed E-state index contributed by atoms with van der Waals surface area (Å²) in [5, 5.41) is 1.76. The number of aromatic nitrogens is 1. The van der Waals surface area contributed by atoms with Gasteiger partial charge in [0.1, 0.15) is 13.2 Å². The van der Waals surface area contributed by atoms with E-state index in [2.05, 4.69) is 4.98 Å². The lowest BCUT2D eigenvalue weighted by Crippen LogP contribution is -2.19. The molecule has 1 aliphatic heterocycles. The summed E-state index contributed by atoms with van der Waals surface area (Å²) in [6.07, 6.45) is 0. The number of oxazole rings is 1. The topological polar surface area (TPSA) is 81.9 Å². The van der Waals surface area contributed by atoms with Crippen molar-refractivity contribution in [3.05, 3.63) is 71.6 Å². The fraction of sp³-hybridized carbons (Fsp3) is 0.174. The summed E-state index contributed by atoms with van der Waals surface area (Å²) in [5.41, 5.74) is 1.02. The van der Waals surface area contributed by atoms with Crippen molar-refractivity contribution in [2.24, 2.45) is 0 Å². The summed E-state index contributed by atoms with van der Waals surface area (Å²) in [5.74, 6) is 1.38. The number of sulfone groups is 1. The molecule has 32 heavy (non-hydrogen) atoms. The predicted molar refractivity (Wildman–Crippen MR) is 121 cm³/mol. The standard InChI is InChI=1S/C23H20N2O5S2/c1-25(15-16-6-3-2-4-7-16)23-22(24-21(30-23)20-8-5-13-31-20)32(26,27)17-9-10-18-19(14-17)29-12-11-28-18/h2-10,13-14H,11-12,15H2,1H3. The zero-order valence-electron chi connectivity index (χ0n) is 17.2. The number of hydrogen-bond acceptors (Lipinski definition) is 8. The highest BCUT2D eigenvalue weighted by Gasteiger charge is 2.32. The fourth-order valence-electron chi connectivity index (χ4n) is 3.45. The molecule has 0 amide bonds.